The molecular formula is C19H33NO. The summed E-state index contributed by atoms with van der Waals surface area (Å²) >= 11 is 0. The van der Waals surface area contributed by atoms with Crippen LogP contribution in [0, 0.1) is 18.8 Å². The molecular weight excluding hydrogens is 258 g/mol. The molecule has 0 aliphatic heterocycles. The second-order valence-corrected chi connectivity index (χ2v) is 7.94. The van der Waals surface area contributed by atoms with Crippen LogP contribution in [0.3, 0.4) is 0 Å². The summed E-state index contributed by atoms with van der Waals surface area (Å²) in [7, 11) is 0. The molecule has 1 aromatic heterocycles. The molecule has 1 heterocycles. The van der Waals surface area contributed by atoms with E-state index in [4.69, 9.17) is 4.42 Å². The van der Waals surface area contributed by atoms with E-state index < -0.39 is 0 Å². The van der Waals surface area contributed by atoms with Crippen LogP contribution in [-0.4, -0.2) is 12.1 Å². The van der Waals surface area contributed by atoms with Gasteiger partial charge >= 0.3 is 0 Å². The van der Waals surface area contributed by atoms with Gasteiger partial charge in [0.25, 0.3) is 0 Å². The third kappa shape index (κ3) is 4.12. The topological polar surface area (TPSA) is 25.2 Å². The molecule has 4 unspecified atom stereocenters. The van der Waals surface area contributed by atoms with E-state index >= 15 is 0 Å². The van der Waals surface area contributed by atoms with Crippen LogP contribution in [0.1, 0.15) is 71.8 Å². The molecule has 0 spiro atoms. The van der Waals surface area contributed by atoms with E-state index in [-0.39, 0.29) is 5.41 Å². The van der Waals surface area contributed by atoms with Crippen molar-refractivity contribution in [1.29, 1.82) is 0 Å². The maximum absolute atomic E-state index is 5.85. The zero-order chi connectivity index (χ0) is 15.6. The monoisotopic (exact) mass is 291 g/mol. The molecule has 4 atom stereocenters. The minimum atomic E-state index is 0.0875. The highest BCUT2D eigenvalue weighted by Crippen LogP contribution is 2.32. The highest BCUT2D eigenvalue weighted by Gasteiger charge is 2.31. The maximum atomic E-state index is 5.85. The van der Waals surface area contributed by atoms with Crippen LogP contribution in [0.25, 0.3) is 0 Å². The van der Waals surface area contributed by atoms with Crippen LogP contribution in [0.15, 0.2) is 16.5 Å². The third-order valence-corrected chi connectivity index (χ3v) is 5.43. The van der Waals surface area contributed by atoms with Crippen molar-refractivity contribution in [3.05, 3.63) is 23.7 Å². The van der Waals surface area contributed by atoms with Gasteiger partial charge in [0.05, 0.1) is 0 Å². The van der Waals surface area contributed by atoms with Crippen LogP contribution < -0.4 is 5.32 Å². The van der Waals surface area contributed by atoms with Gasteiger partial charge in [-0.05, 0) is 50.7 Å². The van der Waals surface area contributed by atoms with Crippen molar-refractivity contribution < 1.29 is 4.42 Å². The smallest absolute Gasteiger partial charge is 0.109 e. The van der Waals surface area contributed by atoms with Gasteiger partial charge in [-0.1, -0.05) is 40.5 Å². The highest BCUT2D eigenvalue weighted by molar-refractivity contribution is 5.15. The standard InChI is InChI=1S/C19H33NO/c1-13-8-7-9-17(16(13)4)20-14(2)12-19(5,6)18-11-10-15(3)21-18/h10-11,13-14,16-17,20H,7-9,12H2,1-6H3. The Bertz CT molecular complexity index is 448. The second-order valence-electron chi connectivity index (χ2n) is 7.94. The van der Waals surface area contributed by atoms with Crippen LogP contribution in [0.4, 0.5) is 0 Å². The summed E-state index contributed by atoms with van der Waals surface area (Å²) in [5.41, 5.74) is 0.0875. The van der Waals surface area contributed by atoms with E-state index in [1.807, 2.05) is 6.92 Å². The van der Waals surface area contributed by atoms with E-state index in [1.165, 1.54) is 19.3 Å². The first-order valence-electron chi connectivity index (χ1n) is 8.62. The fourth-order valence-electron chi connectivity index (χ4n) is 3.91. The fraction of sp³-hybridized carbons (Fsp3) is 0.789. The van der Waals surface area contributed by atoms with Gasteiger partial charge in [0.1, 0.15) is 11.5 Å². The Labute approximate surface area is 130 Å². The molecule has 0 saturated heterocycles. The molecule has 1 N–H and O–H groups in total. The number of hydrogen-bond donors (Lipinski definition) is 1. The first-order chi connectivity index (χ1) is 9.79. The molecule has 1 aliphatic rings. The Balaban J connectivity index is 1.93. The summed E-state index contributed by atoms with van der Waals surface area (Å²) in [5.74, 6) is 3.76. The maximum Gasteiger partial charge on any atom is 0.109 e. The first-order valence-corrected chi connectivity index (χ1v) is 8.62. The van der Waals surface area contributed by atoms with Crippen molar-refractivity contribution in [2.24, 2.45) is 11.8 Å². The normalized spacial score (nSPS) is 28.6. The average molecular weight is 291 g/mol. The van der Waals surface area contributed by atoms with Crippen molar-refractivity contribution in [1.82, 2.24) is 5.32 Å². The fourth-order valence-corrected chi connectivity index (χ4v) is 3.91. The van der Waals surface area contributed by atoms with Crippen molar-refractivity contribution in [2.75, 3.05) is 0 Å². The third-order valence-electron chi connectivity index (χ3n) is 5.43. The van der Waals surface area contributed by atoms with Gasteiger partial charge in [0.15, 0.2) is 0 Å². The summed E-state index contributed by atoms with van der Waals surface area (Å²) in [4.78, 5) is 0. The summed E-state index contributed by atoms with van der Waals surface area (Å²) < 4.78 is 5.85. The van der Waals surface area contributed by atoms with Crippen molar-refractivity contribution in [3.63, 3.8) is 0 Å². The van der Waals surface area contributed by atoms with E-state index in [1.54, 1.807) is 0 Å². The number of aryl methyl sites for hydroxylation is 1. The molecule has 0 bridgehead atoms. The van der Waals surface area contributed by atoms with Crippen LogP contribution in [0.5, 0.6) is 0 Å². The van der Waals surface area contributed by atoms with E-state index in [0.717, 1.165) is 29.8 Å². The first kappa shape index (κ1) is 16.6. The van der Waals surface area contributed by atoms with Gasteiger partial charge in [-0.15, -0.1) is 0 Å². The molecule has 1 saturated carbocycles. The summed E-state index contributed by atoms with van der Waals surface area (Å²) in [6.07, 6.45) is 5.20. The van der Waals surface area contributed by atoms with E-state index in [2.05, 4.69) is 52.1 Å². The minimum Gasteiger partial charge on any atom is -0.466 e. The van der Waals surface area contributed by atoms with E-state index in [0.29, 0.717) is 12.1 Å². The average Bonchev–Trinajstić information content (AvgIpc) is 2.82. The number of nitrogens with one attached hydrogen (secondary N) is 1. The lowest BCUT2D eigenvalue weighted by molar-refractivity contribution is 0.186. The quantitative estimate of drug-likeness (QED) is 0.820. The Morgan fingerprint density at radius 2 is 2.00 bits per heavy atom. The number of hydrogen-bond acceptors (Lipinski definition) is 2. The predicted molar refractivity (Wildman–Crippen MR) is 89.7 cm³/mol. The predicted octanol–water partition coefficient (Wildman–Crippen LogP) is 5.06. The molecule has 0 amide bonds. The highest BCUT2D eigenvalue weighted by atomic mass is 16.3. The van der Waals surface area contributed by atoms with E-state index in [9.17, 15) is 0 Å². The van der Waals surface area contributed by atoms with Crippen molar-refractivity contribution in [3.8, 4) is 0 Å². The molecule has 1 fully saturated rings. The van der Waals surface area contributed by atoms with Crippen LogP contribution >= 0.6 is 0 Å². The number of rotatable bonds is 5. The van der Waals surface area contributed by atoms with Crippen molar-refractivity contribution >= 4 is 0 Å². The molecule has 2 heteroatoms. The van der Waals surface area contributed by atoms with Crippen molar-refractivity contribution in [2.45, 2.75) is 84.7 Å². The second kappa shape index (κ2) is 6.56. The molecule has 2 nitrogen and oxygen atoms in total. The van der Waals surface area contributed by atoms with Crippen LogP contribution in [0.2, 0.25) is 0 Å². The van der Waals surface area contributed by atoms with Gasteiger partial charge in [0, 0.05) is 17.5 Å². The van der Waals surface area contributed by atoms with Gasteiger partial charge in [-0.2, -0.15) is 0 Å². The van der Waals surface area contributed by atoms with Crippen LogP contribution in [-0.2, 0) is 5.41 Å². The summed E-state index contributed by atoms with van der Waals surface area (Å²) in [5, 5.41) is 3.89. The Kier molecular flexibility index (Phi) is 5.19. The number of furan rings is 1. The molecule has 1 aromatic rings. The largest absolute Gasteiger partial charge is 0.466 e. The Morgan fingerprint density at radius 3 is 2.62 bits per heavy atom. The molecule has 0 radical (unpaired) electrons. The molecule has 0 aromatic carbocycles. The lowest BCUT2D eigenvalue weighted by Gasteiger charge is -2.38. The molecule has 120 valence electrons. The molecule has 21 heavy (non-hydrogen) atoms. The minimum absolute atomic E-state index is 0.0875. The Morgan fingerprint density at radius 1 is 1.29 bits per heavy atom. The molecule has 1 aliphatic carbocycles. The van der Waals surface area contributed by atoms with Gasteiger partial charge in [0.2, 0.25) is 0 Å². The lowest BCUT2D eigenvalue weighted by Crippen LogP contribution is -2.46. The zero-order valence-electron chi connectivity index (χ0n) is 14.7. The Hall–Kier alpha value is -0.760. The summed E-state index contributed by atoms with van der Waals surface area (Å²) in [6, 6.07) is 5.40. The van der Waals surface area contributed by atoms with Gasteiger partial charge in [-0.3, -0.25) is 0 Å². The van der Waals surface area contributed by atoms with Gasteiger partial charge < -0.3 is 9.73 Å². The zero-order valence-corrected chi connectivity index (χ0v) is 14.7. The SMILES string of the molecule is Cc1ccc(C(C)(C)CC(C)NC2CCCC(C)C2C)o1. The molecule has 2 rings (SSSR count). The summed E-state index contributed by atoms with van der Waals surface area (Å²) in [6.45, 7) is 13.7. The van der Waals surface area contributed by atoms with Gasteiger partial charge in [-0.25, -0.2) is 0 Å². The lowest BCUT2D eigenvalue weighted by atomic mass is 9.77.